The molecule has 2 fully saturated rings. The lowest BCUT2D eigenvalue weighted by atomic mass is 9.73. The molecule has 0 aromatic heterocycles. The van der Waals surface area contributed by atoms with Gasteiger partial charge in [0.1, 0.15) is 0 Å². The summed E-state index contributed by atoms with van der Waals surface area (Å²) in [6, 6.07) is 0. The van der Waals surface area contributed by atoms with Crippen molar-refractivity contribution in [2.45, 2.75) is 52.0 Å². The van der Waals surface area contributed by atoms with E-state index in [2.05, 4.69) is 32.7 Å². The van der Waals surface area contributed by atoms with Crippen LogP contribution in [-0.2, 0) is 0 Å². The highest BCUT2D eigenvalue weighted by atomic mass is 15.2. The molecule has 2 heteroatoms. The van der Waals surface area contributed by atoms with Crippen molar-refractivity contribution in [1.29, 1.82) is 0 Å². The van der Waals surface area contributed by atoms with Gasteiger partial charge in [-0.15, -0.1) is 0 Å². The summed E-state index contributed by atoms with van der Waals surface area (Å²) in [4.78, 5) is 2.59. The first-order chi connectivity index (χ1) is 7.43. The summed E-state index contributed by atoms with van der Waals surface area (Å²) < 4.78 is 0. The van der Waals surface area contributed by atoms with Crippen molar-refractivity contribution in [2.24, 2.45) is 23.0 Å². The van der Waals surface area contributed by atoms with Crippen LogP contribution in [0, 0.1) is 17.3 Å². The van der Waals surface area contributed by atoms with Gasteiger partial charge in [0.2, 0.25) is 0 Å². The Balaban J connectivity index is 2.08. The Morgan fingerprint density at radius 3 is 2.31 bits per heavy atom. The molecule has 0 radical (unpaired) electrons. The van der Waals surface area contributed by atoms with Crippen LogP contribution in [0.25, 0.3) is 0 Å². The average molecular weight is 224 g/mol. The number of nitrogens with zero attached hydrogens (tertiary/aromatic N) is 1. The lowest BCUT2D eigenvalue weighted by Gasteiger charge is -2.48. The molecule has 2 saturated carbocycles. The molecule has 2 aliphatic rings. The number of hydrogen-bond acceptors (Lipinski definition) is 2. The van der Waals surface area contributed by atoms with E-state index in [1.54, 1.807) is 0 Å². The quantitative estimate of drug-likeness (QED) is 0.795. The summed E-state index contributed by atoms with van der Waals surface area (Å²) in [6.45, 7) is 9.24. The maximum absolute atomic E-state index is 6.13. The fourth-order valence-electron chi connectivity index (χ4n) is 3.82. The molecule has 0 heterocycles. The van der Waals surface area contributed by atoms with Gasteiger partial charge < -0.3 is 5.73 Å². The first kappa shape index (κ1) is 12.4. The van der Waals surface area contributed by atoms with Gasteiger partial charge in [-0.25, -0.2) is 0 Å². The number of nitrogens with two attached hydrogens (primary N) is 1. The van der Waals surface area contributed by atoms with Gasteiger partial charge in [-0.2, -0.15) is 0 Å². The molecule has 0 spiro atoms. The molecule has 0 aromatic rings. The molecule has 3 unspecified atom stereocenters. The average Bonchev–Trinajstić information content (AvgIpc) is 2.77. The van der Waals surface area contributed by atoms with E-state index in [9.17, 15) is 0 Å². The molecule has 2 aliphatic carbocycles. The fourth-order valence-corrected chi connectivity index (χ4v) is 3.82. The first-order valence-electron chi connectivity index (χ1n) is 6.84. The smallest absolute Gasteiger partial charge is 0.0379 e. The standard InChI is InChI=1S/C14H28N2/c1-11-8-12(11)9-16(4)14(10-15)7-5-6-13(14,2)3/h11-12H,5-10,15H2,1-4H3. The zero-order valence-electron chi connectivity index (χ0n) is 11.4. The summed E-state index contributed by atoms with van der Waals surface area (Å²) in [6.07, 6.45) is 5.38. The Morgan fingerprint density at radius 2 is 1.94 bits per heavy atom. The highest BCUT2D eigenvalue weighted by Gasteiger charge is 2.51. The van der Waals surface area contributed by atoms with Crippen LogP contribution in [0.2, 0.25) is 0 Å². The highest BCUT2D eigenvalue weighted by molar-refractivity contribution is 5.07. The molecule has 2 rings (SSSR count). The van der Waals surface area contributed by atoms with E-state index < -0.39 is 0 Å². The van der Waals surface area contributed by atoms with Gasteiger partial charge in [-0.3, -0.25) is 4.90 Å². The van der Waals surface area contributed by atoms with Gasteiger partial charge in [0.05, 0.1) is 0 Å². The zero-order valence-corrected chi connectivity index (χ0v) is 11.4. The van der Waals surface area contributed by atoms with Crippen LogP contribution >= 0.6 is 0 Å². The molecule has 0 aromatic carbocycles. The van der Waals surface area contributed by atoms with Crippen molar-refractivity contribution in [1.82, 2.24) is 4.90 Å². The third kappa shape index (κ3) is 1.80. The Morgan fingerprint density at radius 1 is 1.31 bits per heavy atom. The number of likely N-dealkylation sites (N-methyl/N-ethyl adjacent to an activating group) is 1. The van der Waals surface area contributed by atoms with Gasteiger partial charge in [0.25, 0.3) is 0 Å². The van der Waals surface area contributed by atoms with E-state index in [1.807, 2.05) is 0 Å². The van der Waals surface area contributed by atoms with Crippen molar-refractivity contribution in [3.8, 4) is 0 Å². The summed E-state index contributed by atoms with van der Waals surface area (Å²) in [7, 11) is 2.30. The molecular weight excluding hydrogens is 196 g/mol. The van der Waals surface area contributed by atoms with Crippen LogP contribution < -0.4 is 5.73 Å². The molecule has 0 saturated heterocycles. The van der Waals surface area contributed by atoms with Crippen LogP contribution in [-0.4, -0.2) is 30.6 Å². The molecule has 2 N–H and O–H groups in total. The van der Waals surface area contributed by atoms with E-state index in [4.69, 9.17) is 5.73 Å². The van der Waals surface area contributed by atoms with E-state index in [0.29, 0.717) is 5.41 Å². The van der Waals surface area contributed by atoms with Crippen molar-refractivity contribution in [3.63, 3.8) is 0 Å². The van der Waals surface area contributed by atoms with Crippen molar-refractivity contribution >= 4 is 0 Å². The van der Waals surface area contributed by atoms with Gasteiger partial charge in [0, 0.05) is 18.6 Å². The molecule has 94 valence electrons. The Hall–Kier alpha value is -0.0800. The van der Waals surface area contributed by atoms with Crippen LogP contribution in [0.3, 0.4) is 0 Å². The fraction of sp³-hybridized carbons (Fsp3) is 1.00. The van der Waals surface area contributed by atoms with Gasteiger partial charge in [0.15, 0.2) is 0 Å². The van der Waals surface area contributed by atoms with E-state index >= 15 is 0 Å². The molecule has 0 aliphatic heterocycles. The predicted octanol–water partition coefficient (Wildman–Crippen LogP) is 2.48. The summed E-state index contributed by atoms with van der Waals surface area (Å²) in [5.41, 5.74) is 6.78. The predicted molar refractivity (Wildman–Crippen MR) is 69.3 cm³/mol. The van der Waals surface area contributed by atoms with Crippen molar-refractivity contribution < 1.29 is 0 Å². The maximum atomic E-state index is 6.13. The second kappa shape index (κ2) is 3.99. The van der Waals surface area contributed by atoms with Crippen molar-refractivity contribution in [3.05, 3.63) is 0 Å². The third-order valence-corrected chi connectivity index (χ3v) is 5.50. The lowest BCUT2D eigenvalue weighted by Crippen LogP contribution is -2.58. The largest absolute Gasteiger partial charge is 0.329 e. The van der Waals surface area contributed by atoms with Gasteiger partial charge >= 0.3 is 0 Å². The summed E-state index contributed by atoms with van der Waals surface area (Å²) >= 11 is 0. The van der Waals surface area contributed by atoms with Crippen LogP contribution in [0.4, 0.5) is 0 Å². The Kier molecular flexibility index (Phi) is 3.09. The van der Waals surface area contributed by atoms with E-state index in [1.165, 1.54) is 32.2 Å². The molecule has 3 atom stereocenters. The second-order valence-electron chi connectivity index (χ2n) is 6.83. The summed E-state index contributed by atoms with van der Waals surface area (Å²) in [5, 5.41) is 0. The summed E-state index contributed by atoms with van der Waals surface area (Å²) in [5.74, 6) is 1.88. The van der Waals surface area contributed by atoms with Crippen LogP contribution in [0.5, 0.6) is 0 Å². The van der Waals surface area contributed by atoms with Crippen molar-refractivity contribution in [2.75, 3.05) is 20.1 Å². The SMILES string of the molecule is CC1CC1CN(C)C1(CN)CCCC1(C)C. The minimum atomic E-state index is 0.259. The molecule has 2 nitrogen and oxygen atoms in total. The Labute approximate surface area is 101 Å². The molecule has 0 amide bonds. The molecule has 16 heavy (non-hydrogen) atoms. The minimum absolute atomic E-state index is 0.259. The van der Waals surface area contributed by atoms with Gasteiger partial charge in [-0.1, -0.05) is 27.2 Å². The third-order valence-electron chi connectivity index (χ3n) is 5.50. The maximum Gasteiger partial charge on any atom is 0.0379 e. The van der Waals surface area contributed by atoms with Crippen LogP contribution in [0.15, 0.2) is 0 Å². The topological polar surface area (TPSA) is 29.3 Å². The zero-order chi connectivity index (χ0) is 12.0. The second-order valence-corrected chi connectivity index (χ2v) is 6.83. The first-order valence-corrected chi connectivity index (χ1v) is 6.84. The molecule has 0 bridgehead atoms. The lowest BCUT2D eigenvalue weighted by molar-refractivity contribution is 0.0294. The van der Waals surface area contributed by atoms with E-state index in [-0.39, 0.29) is 5.54 Å². The monoisotopic (exact) mass is 224 g/mol. The highest BCUT2D eigenvalue weighted by Crippen LogP contribution is 2.50. The van der Waals surface area contributed by atoms with Gasteiger partial charge in [-0.05, 0) is 43.6 Å². The molecular formula is C14H28N2. The normalized spacial score (nSPS) is 41.6. The minimum Gasteiger partial charge on any atom is -0.329 e. The van der Waals surface area contributed by atoms with Crippen LogP contribution in [0.1, 0.15) is 46.5 Å². The number of rotatable bonds is 4. The Bertz CT molecular complexity index is 261. The van der Waals surface area contributed by atoms with E-state index in [0.717, 1.165) is 18.4 Å². The number of hydrogen-bond donors (Lipinski definition) is 1.